The molecule has 1 atom stereocenters. The fourth-order valence-corrected chi connectivity index (χ4v) is 3.04. The van der Waals surface area contributed by atoms with Gasteiger partial charge in [0.25, 0.3) is 0 Å². The van der Waals surface area contributed by atoms with Gasteiger partial charge in [0.15, 0.2) is 0 Å². The normalized spacial score (nSPS) is 17.0. The van der Waals surface area contributed by atoms with Crippen molar-refractivity contribution in [2.45, 2.75) is 18.9 Å². The van der Waals surface area contributed by atoms with Crippen molar-refractivity contribution in [3.05, 3.63) is 76.5 Å². The lowest BCUT2D eigenvalue weighted by atomic mass is 10.1. The standard InChI is InChI=1S/C18H17BrN2O/c1-2-3-9-14-15(10-20-11-16(14)19)18-21-17(12-22-18)13-7-5-4-6-8-13/h2,4-8,10-11,17H,1,3,9,12H2/t17-/m0/s1. The second-order valence-electron chi connectivity index (χ2n) is 5.15. The molecule has 0 amide bonds. The first kappa shape index (κ1) is 15.0. The maximum Gasteiger partial charge on any atom is 0.218 e. The van der Waals surface area contributed by atoms with Crippen LogP contribution in [0, 0.1) is 0 Å². The summed E-state index contributed by atoms with van der Waals surface area (Å²) in [5.41, 5.74) is 3.31. The predicted octanol–water partition coefficient (Wildman–Crippen LogP) is 4.48. The molecule has 0 radical (unpaired) electrons. The fraction of sp³-hybridized carbons (Fsp3) is 0.222. The van der Waals surface area contributed by atoms with Gasteiger partial charge >= 0.3 is 0 Å². The molecule has 0 unspecified atom stereocenters. The van der Waals surface area contributed by atoms with Crippen LogP contribution >= 0.6 is 15.9 Å². The van der Waals surface area contributed by atoms with E-state index < -0.39 is 0 Å². The van der Waals surface area contributed by atoms with Gasteiger partial charge in [0.05, 0.1) is 5.56 Å². The fourth-order valence-electron chi connectivity index (χ4n) is 2.51. The number of benzene rings is 1. The quantitative estimate of drug-likeness (QED) is 0.740. The maximum absolute atomic E-state index is 5.85. The molecule has 2 aromatic rings. The van der Waals surface area contributed by atoms with Crippen LogP contribution in [0.15, 0.2) is 64.8 Å². The van der Waals surface area contributed by atoms with Crippen molar-refractivity contribution in [3.8, 4) is 0 Å². The molecule has 1 aromatic carbocycles. The Labute approximate surface area is 138 Å². The smallest absolute Gasteiger partial charge is 0.218 e. The molecule has 4 heteroatoms. The number of ether oxygens (including phenoxy) is 1. The number of pyridine rings is 1. The highest BCUT2D eigenvalue weighted by molar-refractivity contribution is 9.10. The van der Waals surface area contributed by atoms with Crippen molar-refractivity contribution in [3.63, 3.8) is 0 Å². The number of halogens is 1. The van der Waals surface area contributed by atoms with E-state index in [-0.39, 0.29) is 6.04 Å². The van der Waals surface area contributed by atoms with Gasteiger partial charge in [0, 0.05) is 16.9 Å². The van der Waals surface area contributed by atoms with Crippen molar-refractivity contribution >= 4 is 21.8 Å². The SMILES string of the molecule is C=CCCc1c(Br)cncc1C1=N[C@H](c2ccccc2)CO1. The zero-order valence-corrected chi connectivity index (χ0v) is 13.8. The Bertz CT molecular complexity index is 697. The van der Waals surface area contributed by atoms with Crippen LogP contribution in [-0.2, 0) is 11.2 Å². The van der Waals surface area contributed by atoms with Gasteiger partial charge in [0.2, 0.25) is 5.90 Å². The first-order valence-corrected chi connectivity index (χ1v) is 8.08. The van der Waals surface area contributed by atoms with E-state index in [9.17, 15) is 0 Å². The van der Waals surface area contributed by atoms with Gasteiger partial charge in [-0.05, 0) is 39.9 Å². The molecule has 0 aliphatic carbocycles. The summed E-state index contributed by atoms with van der Waals surface area (Å²) in [7, 11) is 0. The van der Waals surface area contributed by atoms with Gasteiger partial charge in [0.1, 0.15) is 12.6 Å². The van der Waals surface area contributed by atoms with Crippen molar-refractivity contribution in [1.82, 2.24) is 4.98 Å². The Hall–Kier alpha value is -1.94. The molecular formula is C18H17BrN2O. The molecule has 0 N–H and O–H groups in total. The van der Waals surface area contributed by atoms with Crippen LogP contribution in [0.3, 0.4) is 0 Å². The first-order valence-electron chi connectivity index (χ1n) is 7.28. The van der Waals surface area contributed by atoms with Crippen LogP contribution in [0.2, 0.25) is 0 Å². The molecule has 0 saturated carbocycles. The van der Waals surface area contributed by atoms with E-state index in [2.05, 4.69) is 39.6 Å². The molecule has 2 heterocycles. The molecule has 0 bridgehead atoms. The molecule has 1 aliphatic rings. The van der Waals surface area contributed by atoms with Gasteiger partial charge < -0.3 is 4.74 Å². The Morgan fingerprint density at radius 2 is 2.09 bits per heavy atom. The van der Waals surface area contributed by atoms with Crippen LogP contribution in [0.4, 0.5) is 0 Å². The van der Waals surface area contributed by atoms with Crippen LogP contribution in [-0.4, -0.2) is 17.5 Å². The monoisotopic (exact) mass is 356 g/mol. The largest absolute Gasteiger partial charge is 0.475 e. The molecule has 0 fully saturated rings. The van der Waals surface area contributed by atoms with Crippen LogP contribution in [0.25, 0.3) is 0 Å². The minimum Gasteiger partial charge on any atom is -0.475 e. The molecule has 1 aliphatic heterocycles. The average molecular weight is 357 g/mol. The summed E-state index contributed by atoms with van der Waals surface area (Å²) in [6.45, 7) is 4.37. The van der Waals surface area contributed by atoms with E-state index in [1.54, 1.807) is 0 Å². The Morgan fingerprint density at radius 3 is 2.86 bits per heavy atom. The van der Waals surface area contributed by atoms with Crippen molar-refractivity contribution in [1.29, 1.82) is 0 Å². The highest BCUT2D eigenvalue weighted by atomic mass is 79.9. The number of hydrogen-bond donors (Lipinski definition) is 0. The molecule has 22 heavy (non-hydrogen) atoms. The maximum atomic E-state index is 5.85. The third-order valence-corrected chi connectivity index (χ3v) is 4.35. The zero-order valence-electron chi connectivity index (χ0n) is 12.2. The minimum atomic E-state index is 0.0578. The molecular weight excluding hydrogens is 340 g/mol. The predicted molar refractivity (Wildman–Crippen MR) is 92.1 cm³/mol. The second kappa shape index (κ2) is 6.88. The number of hydrogen-bond acceptors (Lipinski definition) is 3. The Morgan fingerprint density at radius 1 is 1.27 bits per heavy atom. The van der Waals surface area contributed by atoms with Gasteiger partial charge in [-0.2, -0.15) is 0 Å². The van der Waals surface area contributed by atoms with Crippen molar-refractivity contribution in [2.75, 3.05) is 6.61 Å². The summed E-state index contributed by atoms with van der Waals surface area (Å²) < 4.78 is 6.83. The topological polar surface area (TPSA) is 34.5 Å². The number of rotatable bonds is 5. The molecule has 0 saturated heterocycles. The summed E-state index contributed by atoms with van der Waals surface area (Å²) in [5.74, 6) is 0.682. The number of aliphatic imine (C=N–C) groups is 1. The number of allylic oxidation sites excluding steroid dienone is 1. The zero-order chi connectivity index (χ0) is 15.4. The lowest BCUT2D eigenvalue weighted by Gasteiger charge is -2.09. The third-order valence-electron chi connectivity index (χ3n) is 3.67. The molecule has 0 spiro atoms. The lowest BCUT2D eigenvalue weighted by molar-refractivity contribution is 0.319. The lowest BCUT2D eigenvalue weighted by Crippen LogP contribution is -2.07. The highest BCUT2D eigenvalue weighted by Crippen LogP contribution is 2.28. The van der Waals surface area contributed by atoms with E-state index >= 15 is 0 Å². The summed E-state index contributed by atoms with van der Waals surface area (Å²) in [4.78, 5) is 9.01. The van der Waals surface area contributed by atoms with Gasteiger partial charge in [-0.1, -0.05) is 36.4 Å². The van der Waals surface area contributed by atoms with Crippen molar-refractivity contribution in [2.24, 2.45) is 4.99 Å². The summed E-state index contributed by atoms with van der Waals surface area (Å²) in [6, 6.07) is 10.3. The highest BCUT2D eigenvalue weighted by Gasteiger charge is 2.24. The van der Waals surface area contributed by atoms with Gasteiger partial charge in [-0.25, -0.2) is 4.99 Å². The third kappa shape index (κ3) is 3.12. The van der Waals surface area contributed by atoms with Gasteiger partial charge in [-0.3, -0.25) is 4.98 Å². The van der Waals surface area contributed by atoms with Crippen LogP contribution in [0.1, 0.15) is 29.2 Å². The summed E-state index contributed by atoms with van der Waals surface area (Å²) in [6.07, 6.45) is 7.35. The number of aromatic nitrogens is 1. The summed E-state index contributed by atoms with van der Waals surface area (Å²) >= 11 is 3.58. The van der Waals surface area contributed by atoms with E-state index in [1.165, 1.54) is 11.1 Å². The summed E-state index contributed by atoms with van der Waals surface area (Å²) in [5, 5.41) is 0. The number of nitrogens with zero attached hydrogens (tertiary/aromatic N) is 2. The molecule has 3 nitrogen and oxygen atoms in total. The Balaban J connectivity index is 1.92. The van der Waals surface area contributed by atoms with E-state index in [1.807, 2.05) is 36.7 Å². The van der Waals surface area contributed by atoms with Crippen LogP contribution in [0.5, 0.6) is 0 Å². The van der Waals surface area contributed by atoms with E-state index in [4.69, 9.17) is 9.73 Å². The Kier molecular flexibility index (Phi) is 4.68. The second-order valence-corrected chi connectivity index (χ2v) is 6.00. The average Bonchev–Trinajstić information content (AvgIpc) is 3.04. The van der Waals surface area contributed by atoms with Crippen LogP contribution < -0.4 is 0 Å². The molecule has 1 aromatic heterocycles. The molecule has 3 rings (SSSR count). The minimum absolute atomic E-state index is 0.0578. The molecule has 112 valence electrons. The first-order chi connectivity index (χ1) is 10.8. The van der Waals surface area contributed by atoms with E-state index in [0.717, 1.165) is 22.9 Å². The van der Waals surface area contributed by atoms with E-state index in [0.29, 0.717) is 12.5 Å². The van der Waals surface area contributed by atoms with Crippen molar-refractivity contribution < 1.29 is 4.74 Å². The van der Waals surface area contributed by atoms with Gasteiger partial charge in [-0.15, -0.1) is 6.58 Å².